The molecule has 2 unspecified atom stereocenters. The Hall–Kier alpha value is -4.09. The van der Waals surface area contributed by atoms with Gasteiger partial charge in [0.25, 0.3) is 5.91 Å². The molecule has 0 radical (unpaired) electrons. The van der Waals surface area contributed by atoms with E-state index in [1.165, 1.54) is 0 Å². The topological polar surface area (TPSA) is 125 Å². The first-order valence-corrected chi connectivity index (χ1v) is 10.6. The SMILES string of the molecule is O=C1CC(C(=O)O)N(C(=O)C(CNC(=O)OCC2c3ccccc3-c3ccccc32)C(F)(F)F)N1. The van der Waals surface area contributed by atoms with Crippen LogP contribution in [0.1, 0.15) is 23.5 Å². The molecule has 0 saturated carbocycles. The minimum absolute atomic E-state index is 0.141. The quantitative estimate of drug-likeness (QED) is 0.570. The van der Waals surface area contributed by atoms with Crippen molar-refractivity contribution in [1.82, 2.24) is 15.8 Å². The predicted octanol–water partition coefficient (Wildman–Crippen LogP) is 2.42. The largest absolute Gasteiger partial charge is 0.480 e. The third-order valence-corrected chi connectivity index (χ3v) is 5.95. The summed E-state index contributed by atoms with van der Waals surface area (Å²) in [4.78, 5) is 47.4. The molecule has 3 N–H and O–H groups in total. The lowest BCUT2D eigenvalue weighted by molar-refractivity contribution is -0.191. The van der Waals surface area contributed by atoms with Gasteiger partial charge in [-0.1, -0.05) is 48.5 Å². The first-order valence-electron chi connectivity index (χ1n) is 10.6. The highest BCUT2D eigenvalue weighted by atomic mass is 19.4. The van der Waals surface area contributed by atoms with E-state index < -0.39 is 55.0 Å². The maximum Gasteiger partial charge on any atom is 0.407 e. The molecule has 1 saturated heterocycles. The van der Waals surface area contributed by atoms with E-state index in [1.54, 1.807) is 0 Å². The zero-order chi connectivity index (χ0) is 25.3. The van der Waals surface area contributed by atoms with Gasteiger partial charge in [0.05, 0.1) is 6.42 Å². The highest BCUT2D eigenvalue weighted by Crippen LogP contribution is 2.44. The molecular weight excluding hydrogens is 471 g/mol. The number of carbonyl (C=O) groups is 4. The summed E-state index contributed by atoms with van der Waals surface area (Å²) in [6.45, 7) is -1.34. The van der Waals surface area contributed by atoms with E-state index in [0.717, 1.165) is 22.3 Å². The van der Waals surface area contributed by atoms with E-state index in [-0.39, 0.29) is 17.5 Å². The molecule has 35 heavy (non-hydrogen) atoms. The highest BCUT2D eigenvalue weighted by molar-refractivity contribution is 5.94. The van der Waals surface area contributed by atoms with Gasteiger partial charge in [-0.25, -0.2) is 14.6 Å². The second-order valence-electron chi connectivity index (χ2n) is 8.10. The maximum atomic E-state index is 13.6. The van der Waals surface area contributed by atoms with Gasteiger partial charge in [-0.15, -0.1) is 0 Å². The number of rotatable bonds is 6. The number of aliphatic carboxylic acids is 1. The zero-order valence-electron chi connectivity index (χ0n) is 18.0. The third kappa shape index (κ3) is 4.77. The van der Waals surface area contributed by atoms with Crippen LogP contribution in [0.3, 0.4) is 0 Å². The number of fused-ring (bicyclic) bond motifs is 3. The molecule has 2 atom stereocenters. The van der Waals surface area contributed by atoms with Crippen molar-refractivity contribution in [3.63, 3.8) is 0 Å². The Kier molecular flexibility index (Phi) is 6.37. The number of nitrogens with one attached hydrogen (secondary N) is 2. The monoisotopic (exact) mass is 491 g/mol. The lowest BCUT2D eigenvalue weighted by Gasteiger charge is -2.27. The lowest BCUT2D eigenvalue weighted by Crippen LogP contribution is -2.54. The van der Waals surface area contributed by atoms with Crippen LogP contribution in [-0.4, -0.2) is 59.4 Å². The van der Waals surface area contributed by atoms with Gasteiger partial charge in [-0.3, -0.25) is 15.0 Å². The minimum atomic E-state index is -5.12. The molecule has 4 rings (SSSR count). The summed E-state index contributed by atoms with van der Waals surface area (Å²) >= 11 is 0. The second-order valence-corrected chi connectivity index (χ2v) is 8.10. The Labute approximate surface area is 196 Å². The van der Waals surface area contributed by atoms with Gasteiger partial charge in [0.1, 0.15) is 6.61 Å². The molecule has 2 aromatic rings. The zero-order valence-corrected chi connectivity index (χ0v) is 18.0. The standard InChI is InChI=1S/C23H20F3N3O6/c24-23(25,26)17(20(31)29-18(21(32)33)9-19(30)28-29)10-27-22(34)35-11-16-14-7-3-1-5-12(14)13-6-2-4-8-15(13)16/h1-8,16-18H,9-11H2,(H,27,34)(H,28,30)(H,32,33). The number of alkyl halides is 3. The smallest absolute Gasteiger partial charge is 0.407 e. The molecule has 0 bridgehead atoms. The highest BCUT2D eigenvalue weighted by Gasteiger charge is 2.51. The number of ether oxygens (including phenoxy) is 1. The van der Waals surface area contributed by atoms with E-state index in [2.05, 4.69) is 0 Å². The fourth-order valence-corrected chi connectivity index (χ4v) is 4.28. The average molecular weight is 491 g/mol. The van der Waals surface area contributed by atoms with Gasteiger partial charge in [-0.2, -0.15) is 13.2 Å². The Morgan fingerprint density at radius 2 is 1.66 bits per heavy atom. The molecule has 2 aromatic carbocycles. The van der Waals surface area contributed by atoms with Crippen molar-refractivity contribution in [3.05, 3.63) is 59.7 Å². The fraction of sp³-hybridized carbons (Fsp3) is 0.304. The van der Waals surface area contributed by atoms with E-state index in [9.17, 15) is 32.3 Å². The summed E-state index contributed by atoms with van der Waals surface area (Å²) < 4.78 is 45.9. The molecule has 184 valence electrons. The van der Waals surface area contributed by atoms with E-state index in [0.29, 0.717) is 0 Å². The number of benzene rings is 2. The van der Waals surface area contributed by atoms with Crippen molar-refractivity contribution < 1.29 is 42.2 Å². The number of carboxylic acids is 1. The van der Waals surface area contributed by atoms with E-state index in [1.807, 2.05) is 59.3 Å². The van der Waals surface area contributed by atoms with E-state index in [4.69, 9.17) is 9.84 Å². The minimum Gasteiger partial charge on any atom is -0.480 e. The Morgan fingerprint density at radius 1 is 1.09 bits per heavy atom. The van der Waals surface area contributed by atoms with Crippen LogP contribution in [-0.2, 0) is 19.1 Å². The molecular formula is C23H20F3N3O6. The molecule has 9 nitrogen and oxygen atoms in total. The number of carboxylic acid groups (broad SMARTS) is 1. The first kappa shape index (κ1) is 24.0. The van der Waals surface area contributed by atoms with Crippen LogP contribution in [0.4, 0.5) is 18.0 Å². The molecule has 1 heterocycles. The summed E-state index contributed by atoms with van der Waals surface area (Å²) in [7, 11) is 0. The van der Waals surface area contributed by atoms with Gasteiger partial charge >= 0.3 is 18.2 Å². The summed E-state index contributed by atoms with van der Waals surface area (Å²) in [5.74, 6) is -7.35. The average Bonchev–Trinajstić information content (AvgIpc) is 3.35. The summed E-state index contributed by atoms with van der Waals surface area (Å²) in [5.41, 5.74) is 5.59. The van der Waals surface area contributed by atoms with Crippen molar-refractivity contribution in [1.29, 1.82) is 0 Å². The number of halogens is 3. The van der Waals surface area contributed by atoms with Crippen molar-refractivity contribution in [2.24, 2.45) is 5.92 Å². The van der Waals surface area contributed by atoms with Crippen LogP contribution < -0.4 is 10.7 Å². The molecule has 3 amide bonds. The molecule has 1 aliphatic carbocycles. The summed E-state index contributed by atoms with van der Waals surface area (Å²) in [5, 5.41) is 11.2. The second kappa shape index (κ2) is 9.28. The molecule has 1 fully saturated rings. The predicted molar refractivity (Wildman–Crippen MR) is 114 cm³/mol. The normalized spacial score (nSPS) is 17.9. The number of hydrazine groups is 1. The van der Waals surface area contributed by atoms with Crippen molar-refractivity contribution in [3.8, 4) is 11.1 Å². The molecule has 2 aliphatic rings. The lowest BCUT2D eigenvalue weighted by atomic mass is 9.98. The van der Waals surface area contributed by atoms with E-state index >= 15 is 0 Å². The molecule has 0 spiro atoms. The van der Waals surface area contributed by atoms with Crippen molar-refractivity contribution in [2.45, 2.75) is 24.6 Å². The summed E-state index contributed by atoms with van der Waals surface area (Å²) in [6.07, 6.45) is -6.97. The van der Waals surface area contributed by atoms with Crippen LogP contribution in [0.25, 0.3) is 11.1 Å². The van der Waals surface area contributed by atoms with Crippen LogP contribution in [0.2, 0.25) is 0 Å². The Morgan fingerprint density at radius 3 is 2.20 bits per heavy atom. The molecule has 12 heteroatoms. The molecule has 0 aromatic heterocycles. The van der Waals surface area contributed by atoms with Gasteiger partial charge in [0.2, 0.25) is 5.91 Å². The van der Waals surface area contributed by atoms with Gasteiger partial charge < -0.3 is 15.2 Å². The fourth-order valence-electron chi connectivity index (χ4n) is 4.28. The van der Waals surface area contributed by atoms with Gasteiger partial charge in [-0.05, 0) is 22.3 Å². The maximum absolute atomic E-state index is 13.6. The van der Waals surface area contributed by atoms with Crippen LogP contribution in [0.5, 0.6) is 0 Å². The number of hydrogen-bond acceptors (Lipinski definition) is 5. The molecule has 1 aliphatic heterocycles. The van der Waals surface area contributed by atoms with Crippen molar-refractivity contribution in [2.75, 3.05) is 13.2 Å². The van der Waals surface area contributed by atoms with Crippen molar-refractivity contribution >= 4 is 23.9 Å². The number of nitrogens with zero attached hydrogens (tertiary/aromatic N) is 1. The third-order valence-electron chi connectivity index (χ3n) is 5.95. The first-order chi connectivity index (χ1) is 16.6. The van der Waals surface area contributed by atoms with Crippen LogP contribution in [0.15, 0.2) is 48.5 Å². The Balaban J connectivity index is 1.41. The number of carbonyl (C=O) groups excluding carboxylic acids is 3. The number of hydrogen-bond donors (Lipinski definition) is 3. The number of amides is 3. The van der Waals surface area contributed by atoms with Gasteiger partial charge in [0.15, 0.2) is 12.0 Å². The Bertz CT molecular complexity index is 1140. The van der Waals surface area contributed by atoms with Crippen LogP contribution >= 0.6 is 0 Å². The van der Waals surface area contributed by atoms with Crippen LogP contribution in [0, 0.1) is 5.92 Å². The number of alkyl carbamates (subject to hydrolysis) is 1. The van der Waals surface area contributed by atoms with Gasteiger partial charge in [0, 0.05) is 12.5 Å². The summed E-state index contributed by atoms with van der Waals surface area (Å²) in [6, 6.07) is 13.2.